The molecule has 3 heterocycles. The first-order chi connectivity index (χ1) is 13.0. The summed E-state index contributed by atoms with van der Waals surface area (Å²) in [4.78, 5) is 18.5. The highest BCUT2D eigenvalue weighted by molar-refractivity contribution is 7.27. The van der Waals surface area contributed by atoms with Gasteiger partial charge in [-0.05, 0) is 42.2 Å². The smallest absolute Gasteiger partial charge is 0.224 e. The van der Waals surface area contributed by atoms with Crippen LogP contribution in [0.3, 0.4) is 0 Å². The molecule has 1 aromatic heterocycles. The number of benzene rings is 1. The van der Waals surface area contributed by atoms with E-state index < -0.39 is 11.6 Å². The molecule has 0 aliphatic carbocycles. The van der Waals surface area contributed by atoms with Gasteiger partial charge in [0.1, 0.15) is 6.17 Å². The van der Waals surface area contributed by atoms with Crippen molar-refractivity contribution in [1.82, 2.24) is 15.3 Å². The maximum atomic E-state index is 13.7. The number of nitrogens with zero attached hydrogens (tertiary/aromatic N) is 3. The molecular weight excluding hydrogens is 369 g/mol. The summed E-state index contributed by atoms with van der Waals surface area (Å²) in [5, 5.41) is 4.55. The first kappa shape index (κ1) is 18.0. The Bertz CT molecular complexity index is 883. The second-order valence-electron chi connectivity index (χ2n) is 6.83. The zero-order chi connectivity index (χ0) is 19.0. The van der Waals surface area contributed by atoms with Gasteiger partial charge in [-0.25, -0.2) is 8.78 Å². The molecule has 2 aliphatic rings. The molecular formula is C19H19F2N4OP. The van der Waals surface area contributed by atoms with Crippen molar-refractivity contribution in [3.8, 4) is 0 Å². The largest absolute Gasteiger partial charge is 0.321 e. The summed E-state index contributed by atoms with van der Waals surface area (Å²) in [6.45, 7) is 0.547. The summed E-state index contributed by atoms with van der Waals surface area (Å²) in [5.41, 5.74) is 5.59. The van der Waals surface area contributed by atoms with Crippen LogP contribution < -0.4 is 10.7 Å². The van der Waals surface area contributed by atoms with Gasteiger partial charge >= 0.3 is 0 Å². The monoisotopic (exact) mass is 388 g/mol. The predicted molar refractivity (Wildman–Crippen MR) is 102 cm³/mol. The van der Waals surface area contributed by atoms with Gasteiger partial charge in [0.15, 0.2) is 11.6 Å². The Balaban J connectivity index is 1.42. The number of hydrazone groups is 1. The SMILES string of the molecule is O=C1CC(c2cc(F)c(F)c(P)c2)CCN1C1CC(c2ccncc2)=NN1. The zero-order valence-electron chi connectivity index (χ0n) is 14.5. The molecule has 1 saturated heterocycles. The summed E-state index contributed by atoms with van der Waals surface area (Å²) in [6.07, 6.45) is 4.85. The highest BCUT2D eigenvalue weighted by Gasteiger charge is 2.34. The topological polar surface area (TPSA) is 57.6 Å². The zero-order valence-corrected chi connectivity index (χ0v) is 15.7. The quantitative estimate of drug-likeness (QED) is 0.821. The number of pyridine rings is 1. The van der Waals surface area contributed by atoms with Gasteiger partial charge in [0.05, 0.1) is 5.71 Å². The normalized spacial score (nSPS) is 22.6. The van der Waals surface area contributed by atoms with Crippen LogP contribution in [0.25, 0.3) is 0 Å². The van der Waals surface area contributed by atoms with E-state index in [1.54, 1.807) is 23.4 Å². The summed E-state index contributed by atoms with van der Waals surface area (Å²) in [7, 11) is 2.20. The molecule has 3 unspecified atom stereocenters. The lowest BCUT2D eigenvalue weighted by atomic mass is 9.88. The van der Waals surface area contributed by atoms with Gasteiger partial charge in [-0.1, -0.05) is 0 Å². The summed E-state index contributed by atoms with van der Waals surface area (Å²) in [5.74, 6) is -1.85. The standard InChI is InChI=1S/C19H19F2N4OP/c20-14-7-13(8-16(27)19(14)21)12-3-6-25(18(26)9-12)17-10-15(23-24-17)11-1-4-22-5-2-11/h1-2,4-5,7-8,12,17,24H,3,6,9-10,27H2. The lowest BCUT2D eigenvalue weighted by molar-refractivity contribution is -0.136. The number of nitrogens with one attached hydrogen (secondary N) is 1. The van der Waals surface area contributed by atoms with Crippen LogP contribution in [0.1, 0.15) is 36.3 Å². The summed E-state index contributed by atoms with van der Waals surface area (Å²) < 4.78 is 27.2. The molecule has 4 rings (SSSR count). The molecule has 1 N–H and O–H groups in total. The molecule has 140 valence electrons. The lowest BCUT2D eigenvalue weighted by Gasteiger charge is -2.35. The third-order valence-corrected chi connectivity index (χ3v) is 5.56. The van der Waals surface area contributed by atoms with Crippen LogP contribution in [0, 0.1) is 11.6 Å². The Kier molecular flexibility index (Phi) is 4.87. The van der Waals surface area contributed by atoms with Crippen molar-refractivity contribution in [3.05, 3.63) is 59.4 Å². The van der Waals surface area contributed by atoms with Crippen molar-refractivity contribution in [2.75, 3.05) is 6.54 Å². The molecule has 0 spiro atoms. The van der Waals surface area contributed by atoms with E-state index in [4.69, 9.17) is 0 Å². The minimum absolute atomic E-state index is 0.00929. The van der Waals surface area contributed by atoms with Gasteiger partial charge in [-0.3, -0.25) is 15.2 Å². The Morgan fingerprint density at radius 2 is 1.96 bits per heavy atom. The van der Waals surface area contributed by atoms with Gasteiger partial charge in [-0.15, -0.1) is 9.24 Å². The lowest BCUT2D eigenvalue weighted by Crippen LogP contribution is -2.49. The first-order valence-electron chi connectivity index (χ1n) is 8.79. The first-order valence-corrected chi connectivity index (χ1v) is 9.37. The van der Waals surface area contributed by atoms with E-state index in [9.17, 15) is 13.6 Å². The fourth-order valence-corrected chi connectivity index (χ4v) is 4.00. The Morgan fingerprint density at radius 1 is 1.19 bits per heavy atom. The van der Waals surface area contributed by atoms with Crippen LogP contribution in [0.2, 0.25) is 0 Å². The number of rotatable bonds is 3. The molecule has 27 heavy (non-hydrogen) atoms. The van der Waals surface area contributed by atoms with Gasteiger partial charge in [0.2, 0.25) is 5.91 Å². The van der Waals surface area contributed by atoms with Crippen molar-refractivity contribution >= 4 is 26.2 Å². The molecule has 0 saturated carbocycles. The van der Waals surface area contributed by atoms with E-state index in [-0.39, 0.29) is 29.7 Å². The molecule has 3 atom stereocenters. The fourth-order valence-electron chi connectivity index (χ4n) is 3.67. The Morgan fingerprint density at radius 3 is 2.67 bits per heavy atom. The van der Waals surface area contributed by atoms with Crippen LogP contribution in [-0.4, -0.2) is 34.2 Å². The van der Waals surface area contributed by atoms with Gasteiger partial charge in [0.25, 0.3) is 0 Å². The van der Waals surface area contributed by atoms with Crippen LogP contribution in [0.5, 0.6) is 0 Å². The molecule has 1 aromatic carbocycles. The number of amides is 1. The molecule has 8 heteroatoms. The minimum Gasteiger partial charge on any atom is -0.321 e. The predicted octanol–water partition coefficient (Wildman–Crippen LogP) is 2.29. The molecule has 1 fully saturated rings. The van der Waals surface area contributed by atoms with E-state index in [1.807, 2.05) is 12.1 Å². The summed E-state index contributed by atoms with van der Waals surface area (Å²) >= 11 is 0. The fraction of sp³-hybridized carbons (Fsp3) is 0.316. The van der Waals surface area contributed by atoms with Crippen LogP contribution in [0.4, 0.5) is 8.78 Å². The van der Waals surface area contributed by atoms with Crippen molar-refractivity contribution < 1.29 is 13.6 Å². The number of halogens is 2. The van der Waals surface area contributed by atoms with E-state index in [2.05, 4.69) is 24.8 Å². The molecule has 5 nitrogen and oxygen atoms in total. The van der Waals surface area contributed by atoms with E-state index in [1.165, 1.54) is 6.07 Å². The average Bonchev–Trinajstić information content (AvgIpc) is 3.16. The van der Waals surface area contributed by atoms with Crippen molar-refractivity contribution in [2.45, 2.75) is 31.3 Å². The minimum atomic E-state index is -0.875. The van der Waals surface area contributed by atoms with Crippen molar-refractivity contribution in [1.29, 1.82) is 0 Å². The molecule has 1 amide bonds. The van der Waals surface area contributed by atoms with Crippen molar-refractivity contribution in [3.63, 3.8) is 0 Å². The summed E-state index contributed by atoms with van der Waals surface area (Å²) in [6, 6.07) is 6.59. The van der Waals surface area contributed by atoms with Crippen LogP contribution >= 0.6 is 9.24 Å². The maximum absolute atomic E-state index is 13.7. The molecule has 0 bridgehead atoms. The highest BCUT2D eigenvalue weighted by Crippen LogP contribution is 2.31. The second-order valence-corrected chi connectivity index (χ2v) is 7.45. The van der Waals surface area contributed by atoms with E-state index in [0.717, 1.165) is 11.3 Å². The number of aromatic nitrogens is 1. The number of hydrogen-bond acceptors (Lipinski definition) is 4. The van der Waals surface area contributed by atoms with E-state index in [0.29, 0.717) is 24.9 Å². The van der Waals surface area contributed by atoms with Crippen LogP contribution in [-0.2, 0) is 4.79 Å². The van der Waals surface area contributed by atoms with Gasteiger partial charge < -0.3 is 4.90 Å². The van der Waals surface area contributed by atoms with Gasteiger partial charge in [-0.2, -0.15) is 5.10 Å². The number of likely N-dealkylation sites (tertiary alicyclic amines) is 1. The number of hydrogen-bond donors (Lipinski definition) is 1. The Hall–Kier alpha value is -2.40. The van der Waals surface area contributed by atoms with E-state index >= 15 is 0 Å². The van der Waals surface area contributed by atoms with Crippen molar-refractivity contribution in [2.24, 2.45) is 5.10 Å². The second kappa shape index (κ2) is 7.31. The molecule has 2 aliphatic heterocycles. The molecule has 2 aromatic rings. The maximum Gasteiger partial charge on any atom is 0.224 e. The Labute approximate surface area is 158 Å². The van der Waals surface area contributed by atoms with Gasteiger partial charge in [0, 0.05) is 42.6 Å². The number of piperidine rings is 1. The third kappa shape index (κ3) is 3.56. The number of carbonyl (C=O) groups is 1. The highest BCUT2D eigenvalue weighted by atomic mass is 31.0. The molecule has 0 radical (unpaired) electrons. The average molecular weight is 388 g/mol. The van der Waals surface area contributed by atoms with Crippen LogP contribution in [0.15, 0.2) is 41.8 Å². The third-order valence-electron chi connectivity index (χ3n) is 5.13. The number of carbonyl (C=O) groups excluding carboxylic acids is 1.